The second kappa shape index (κ2) is 6.33. The summed E-state index contributed by atoms with van der Waals surface area (Å²) in [4.78, 5) is 0. The third-order valence-corrected chi connectivity index (χ3v) is 2.61. The van der Waals surface area contributed by atoms with Gasteiger partial charge in [-0.2, -0.15) is 0 Å². The van der Waals surface area contributed by atoms with E-state index in [0.717, 1.165) is 17.8 Å². The van der Waals surface area contributed by atoms with Crippen molar-refractivity contribution in [2.24, 2.45) is 0 Å². The first-order valence-electron chi connectivity index (χ1n) is 5.87. The summed E-state index contributed by atoms with van der Waals surface area (Å²) >= 11 is 0. The van der Waals surface area contributed by atoms with Gasteiger partial charge in [0.15, 0.2) is 0 Å². The van der Waals surface area contributed by atoms with Crippen LogP contribution in [-0.4, -0.2) is 0 Å². The van der Waals surface area contributed by atoms with Crippen molar-refractivity contribution in [2.75, 3.05) is 11.5 Å². The van der Waals surface area contributed by atoms with Gasteiger partial charge in [-0.1, -0.05) is 32.6 Å². The molecular weight excluding hydrogens is 184 g/mol. The molecule has 0 aliphatic heterocycles. The second-order valence-corrected chi connectivity index (χ2v) is 4.17. The van der Waals surface area contributed by atoms with Crippen LogP contribution in [0.4, 0.5) is 11.4 Å². The molecule has 1 aromatic carbocycles. The molecule has 1 aromatic rings. The van der Waals surface area contributed by atoms with Crippen LogP contribution < -0.4 is 11.5 Å². The standard InChI is InChI=1S/C13H22N2/c1-2-3-4-5-6-7-11-8-12(14)10-13(15)9-11/h8-10H,2-7,14-15H2,1H3. The van der Waals surface area contributed by atoms with E-state index in [1.54, 1.807) is 6.07 Å². The number of hydrogen-bond donors (Lipinski definition) is 2. The van der Waals surface area contributed by atoms with Gasteiger partial charge in [-0.3, -0.25) is 0 Å². The normalized spacial score (nSPS) is 10.5. The van der Waals surface area contributed by atoms with E-state index in [-0.39, 0.29) is 0 Å². The van der Waals surface area contributed by atoms with Crippen LogP contribution in [0.3, 0.4) is 0 Å². The fourth-order valence-electron chi connectivity index (χ4n) is 1.82. The Bertz CT molecular complexity index is 274. The Morgan fingerprint density at radius 2 is 1.47 bits per heavy atom. The molecule has 0 fully saturated rings. The molecule has 0 radical (unpaired) electrons. The fourth-order valence-corrected chi connectivity index (χ4v) is 1.82. The van der Waals surface area contributed by atoms with Crippen LogP contribution in [0.1, 0.15) is 44.6 Å². The average molecular weight is 206 g/mol. The van der Waals surface area contributed by atoms with E-state index in [1.165, 1.54) is 37.7 Å². The van der Waals surface area contributed by atoms with E-state index in [0.29, 0.717) is 0 Å². The molecule has 0 heterocycles. The SMILES string of the molecule is CCCCCCCc1cc(N)cc(N)c1. The smallest absolute Gasteiger partial charge is 0.0337 e. The maximum absolute atomic E-state index is 5.73. The van der Waals surface area contributed by atoms with Crippen molar-refractivity contribution >= 4 is 11.4 Å². The molecule has 0 atom stereocenters. The van der Waals surface area contributed by atoms with E-state index in [4.69, 9.17) is 11.5 Å². The highest BCUT2D eigenvalue weighted by molar-refractivity contribution is 5.54. The summed E-state index contributed by atoms with van der Waals surface area (Å²) in [5, 5.41) is 0. The first-order valence-corrected chi connectivity index (χ1v) is 5.87. The zero-order valence-corrected chi connectivity index (χ0v) is 9.63. The van der Waals surface area contributed by atoms with E-state index in [1.807, 2.05) is 12.1 Å². The molecule has 0 aliphatic rings. The predicted octanol–water partition coefficient (Wildman–Crippen LogP) is 3.36. The summed E-state index contributed by atoms with van der Waals surface area (Å²) in [6, 6.07) is 5.85. The van der Waals surface area contributed by atoms with Gasteiger partial charge >= 0.3 is 0 Å². The molecule has 2 nitrogen and oxygen atoms in total. The molecule has 0 bridgehead atoms. The molecule has 0 aliphatic carbocycles. The predicted molar refractivity (Wildman–Crippen MR) is 67.7 cm³/mol. The quantitative estimate of drug-likeness (QED) is 0.554. The molecule has 0 amide bonds. The highest BCUT2D eigenvalue weighted by atomic mass is 14.6. The van der Waals surface area contributed by atoms with Gasteiger partial charge in [0.25, 0.3) is 0 Å². The van der Waals surface area contributed by atoms with E-state index in [9.17, 15) is 0 Å². The van der Waals surface area contributed by atoms with Crippen LogP contribution in [0.15, 0.2) is 18.2 Å². The first-order chi connectivity index (χ1) is 7.22. The van der Waals surface area contributed by atoms with Crippen LogP contribution >= 0.6 is 0 Å². The number of hydrogen-bond acceptors (Lipinski definition) is 2. The Balaban J connectivity index is 2.31. The van der Waals surface area contributed by atoms with Gasteiger partial charge in [0.05, 0.1) is 0 Å². The molecule has 0 saturated heterocycles. The van der Waals surface area contributed by atoms with E-state index in [2.05, 4.69) is 6.92 Å². The molecule has 4 N–H and O–H groups in total. The zero-order chi connectivity index (χ0) is 11.1. The fraction of sp³-hybridized carbons (Fsp3) is 0.538. The Hall–Kier alpha value is -1.18. The molecule has 84 valence electrons. The number of nitrogens with two attached hydrogens (primary N) is 2. The molecular formula is C13H22N2. The molecule has 15 heavy (non-hydrogen) atoms. The summed E-state index contributed by atoms with van der Waals surface area (Å²) in [6.45, 7) is 2.23. The Kier molecular flexibility index (Phi) is 5.02. The third-order valence-electron chi connectivity index (χ3n) is 2.61. The summed E-state index contributed by atoms with van der Waals surface area (Å²) in [7, 11) is 0. The minimum atomic E-state index is 0.776. The van der Waals surface area contributed by atoms with Crippen molar-refractivity contribution < 1.29 is 0 Å². The Morgan fingerprint density at radius 3 is 2.07 bits per heavy atom. The third kappa shape index (κ3) is 4.73. The maximum atomic E-state index is 5.73. The number of aryl methyl sites for hydroxylation is 1. The van der Waals surface area contributed by atoms with Crippen LogP contribution in [-0.2, 0) is 6.42 Å². The second-order valence-electron chi connectivity index (χ2n) is 4.17. The lowest BCUT2D eigenvalue weighted by Crippen LogP contribution is -1.94. The molecule has 0 aromatic heterocycles. The van der Waals surface area contributed by atoms with E-state index >= 15 is 0 Å². The number of unbranched alkanes of at least 4 members (excludes halogenated alkanes) is 4. The number of anilines is 2. The summed E-state index contributed by atoms with van der Waals surface area (Å²) < 4.78 is 0. The number of nitrogen functional groups attached to an aromatic ring is 2. The maximum Gasteiger partial charge on any atom is 0.0337 e. The largest absolute Gasteiger partial charge is 0.399 e. The minimum Gasteiger partial charge on any atom is -0.399 e. The van der Waals surface area contributed by atoms with Crippen molar-refractivity contribution in [1.29, 1.82) is 0 Å². The number of benzene rings is 1. The Labute approximate surface area is 92.7 Å². The summed E-state index contributed by atoms with van der Waals surface area (Å²) in [5.74, 6) is 0. The van der Waals surface area contributed by atoms with Crippen LogP contribution in [0.5, 0.6) is 0 Å². The van der Waals surface area contributed by atoms with Crippen molar-refractivity contribution in [1.82, 2.24) is 0 Å². The zero-order valence-electron chi connectivity index (χ0n) is 9.63. The lowest BCUT2D eigenvalue weighted by Gasteiger charge is -2.04. The highest BCUT2D eigenvalue weighted by Gasteiger charge is 1.97. The van der Waals surface area contributed by atoms with Gasteiger partial charge in [-0.25, -0.2) is 0 Å². The van der Waals surface area contributed by atoms with Crippen molar-refractivity contribution in [3.8, 4) is 0 Å². The topological polar surface area (TPSA) is 52.0 Å². The molecule has 0 saturated carbocycles. The van der Waals surface area contributed by atoms with Gasteiger partial charge in [0, 0.05) is 11.4 Å². The van der Waals surface area contributed by atoms with Crippen LogP contribution in [0, 0.1) is 0 Å². The van der Waals surface area contributed by atoms with Gasteiger partial charge in [0.1, 0.15) is 0 Å². The van der Waals surface area contributed by atoms with Gasteiger partial charge in [0.2, 0.25) is 0 Å². The van der Waals surface area contributed by atoms with Crippen LogP contribution in [0.25, 0.3) is 0 Å². The lowest BCUT2D eigenvalue weighted by molar-refractivity contribution is 0.632. The molecule has 2 heteroatoms. The monoisotopic (exact) mass is 206 g/mol. The summed E-state index contributed by atoms with van der Waals surface area (Å²) in [5.41, 5.74) is 14.3. The first kappa shape index (κ1) is 11.9. The van der Waals surface area contributed by atoms with Gasteiger partial charge in [-0.15, -0.1) is 0 Å². The van der Waals surface area contributed by atoms with Crippen molar-refractivity contribution in [2.45, 2.75) is 45.4 Å². The summed E-state index contributed by atoms with van der Waals surface area (Å²) in [6.07, 6.45) is 7.63. The van der Waals surface area contributed by atoms with E-state index < -0.39 is 0 Å². The average Bonchev–Trinajstić information content (AvgIpc) is 2.16. The molecule has 0 spiro atoms. The highest BCUT2D eigenvalue weighted by Crippen LogP contribution is 2.16. The van der Waals surface area contributed by atoms with Crippen LogP contribution in [0.2, 0.25) is 0 Å². The Morgan fingerprint density at radius 1 is 0.867 bits per heavy atom. The van der Waals surface area contributed by atoms with Crippen molar-refractivity contribution in [3.63, 3.8) is 0 Å². The minimum absolute atomic E-state index is 0.776. The van der Waals surface area contributed by atoms with Gasteiger partial charge < -0.3 is 11.5 Å². The van der Waals surface area contributed by atoms with Crippen molar-refractivity contribution in [3.05, 3.63) is 23.8 Å². The molecule has 1 rings (SSSR count). The molecule has 0 unspecified atom stereocenters. The lowest BCUT2D eigenvalue weighted by atomic mass is 10.0. The van der Waals surface area contributed by atoms with Gasteiger partial charge in [-0.05, 0) is 36.6 Å². The number of rotatable bonds is 6.